The molecule has 2 saturated heterocycles. The van der Waals surface area contributed by atoms with E-state index in [4.69, 9.17) is 4.74 Å². The molecular weight excluding hydrogens is 373 g/mol. The fourth-order valence-corrected chi connectivity index (χ4v) is 3.55. The summed E-state index contributed by atoms with van der Waals surface area (Å²) in [6.45, 7) is 1.62. The van der Waals surface area contributed by atoms with Crippen LogP contribution in [-0.4, -0.2) is 41.0 Å². The van der Waals surface area contributed by atoms with Gasteiger partial charge in [0.25, 0.3) is 5.91 Å². The Balaban J connectivity index is 0.00000121. The zero-order valence-corrected chi connectivity index (χ0v) is 16.0. The molecule has 1 amide bonds. The van der Waals surface area contributed by atoms with E-state index in [0.29, 0.717) is 29.1 Å². The molecule has 2 atom stereocenters. The van der Waals surface area contributed by atoms with Crippen molar-refractivity contribution in [2.45, 2.75) is 31.3 Å². The van der Waals surface area contributed by atoms with Crippen molar-refractivity contribution in [3.63, 3.8) is 0 Å². The zero-order valence-electron chi connectivity index (χ0n) is 14.3. The minimum absolute atomic E-state index is 0. The number of hydrogen-bond acceptors (Lipinski definition) is 4. The van der Waals surface area contributed by atoms with Crippen molar-refractivity contribution in [2.75, 3.05) is 13.1 Å². The Bertz CT molecular complexity index is 730. The van der Waals surface area contributed by atoms with Gasteiger partial charge in [-0.3, -0.25) is 9.78 Å². The van der Waals surface area contributed by atoms with Gasteiger partial charge in [0.1, 0.15) is 11.5 Å². The second-order valence-electron chi connectivity index (χ2n) is 6.49. The van der Waals surface area contributed by atoms with E-state index in [1.165, 1.54) is 12.8 Å². The number of benzene rings is 1. The molecular formula is C19H23Cl2N3O2. The maximum absolute atomic E-state index is 12.9. The Morgan fingerprint density at radius 3 is 2.62 bits per heavy atom. The van der Waals surface area contributed by atoms with Gasteiger partial charge in [-0.2, -0.15) is 0 Å². The largest absolute Gasteiger partial charge is 0.457 e. The normalized spacial score (nSPS) is 21.2. The Morgan fingerprint density at radius 2 is 1.81 bits per heavy atom. The zero-order chi connectivity index (χ0) is 16.4. The summed E-state index contributed by atoms with van der Waals surface area (Å²) in [5.41, 5.74) is 0.680. The van der Waals surface area contributed by atoms with E-state index in [2.05, 4.69) is 10.3 Å². The minimum Gasteiger partial charge on any atom is -0.457 e. The Morgan fingerprint density at radius 1 is 1.04 bits per heavy atom. The maximum Gasteiger partial charge on any atom is 0.254 e. The van der Waals surface area contributed by atoms with Gasteiger partial charge in [0, 0.05) is 43.1 Å². The van der Waals surface area contributed by atoms with Crippen molar-refractivity contribution in [2.24, 2.45) is 0 Å². The third-order valence-electron chi connectivity index (χ3n) is 4.78. The van der Waals surface area contributed by atoms with E-state index in [0.717, 1.165) is 19.5 Å². The monoisotopic (exact) mass is 395 g/mol. The van der Waals surface area contributed by atoms with Crippen molar-refractivity contribution >= 4 is 30.7 Å². The van der Waals surface area contributed by atoms with Crippen LogP contribution in [0.1, 0.15) is 29.6 Å². The molecule has 1 aromatic carbocycles. The molecule has 2 fully saturated rings. The first-order valence-corrected chi connectivity index (χ1v) is 8.51. The number of hydrogen-bond donors (Lipinski definition) is 1. The standard InChI is InChI=1S/C19H21N3O2.2ClH/c23-19(22-11-8-15-4-5-16(13-22)21-15)14-2-1-3-18(12-14)24-17-6-9-20-10-7-17;;/h1-3,6-7,9-10,12,15-16,21H,4-5,8,11,13H2;2*1H. The summed E-state index contributed by atoms with van der Waals surface area (Å²) in [4.78, 5) is 18.8. The summed E-state index contributed by atoms with van der Waals surface area (Å²) in [7, 11) is 0. The van der Waals surface area contributed by atoms with Crippen LogP contribution in [0.4, 0.5) is 0 Å². The summed E-state index contributed by atoms with van der Waals surface area (Å²) < 4.78 is 5.81. The Kier molecular flexibility index (Phi) is 7.26. The number of likely N-dealkylation sites (tertiary alicyclic amines) is 1. The van der Waals surface area contributed by atoms with Crippen LogP contribution >= 0.6 is 24.8 Å². The molecule has 2 aromatic rings. The first-order chi connectivity index (χ1) is 11.8. The van der Waals surface area contributed by atoms with E-state index in [1.54, 1.807) is 24.5 Å². The molecule has 0 saturated carbocycles. The van der Waals surface area contributed by atoms with Crippen LogP contribution < -0.4 is 10.1 Å². The molecule has 2 aliphatic rings. The quantitative estimate of drug-likeness (QED) is 0.860. The third-order valence-corrected chi connectivity index (χ3v) is 4.78. The number of rotatable bonds is 3. The molecule has 140 valence electrons. The molecule has 26 heavy (non-hydrogen) atoms. The van der Waals surface area contributed by atoms with Gasteiger partial charge in [-0.1, -0.05) is 6.07 Å². The van der Waals surface area contributed by atoms with Gasteiger partial charge >= 0.3 is 0 Å². The van der Waals surface area contributed by atoms with E-state index in [9.17, 15) is 4.79 Å². The first-order valence-electron chi connectivity index (χ1n) is 8.51. The van der Waals surface area contributed by atoms with Crippen LogP contribution in [-0.2, 0) is 0 Å². The second kappa shape index (κ2) is 9.21. The van der Waals surface area contributed by atoms with Crippen molar-refractivity contribution in [3.8, 4) is 11.5 Å². The van der Waals surface area contributed by atoms with Crippen LogP contribution in [0.25, 0.3) is 0 Å². The molecule has 0 spiro atoms. The van der Waals surface area contributed by atoms with Crippen molar-refractivity contribution in [1.29, 1.82) is 0 Å². The average Bonchev–Trinajstić information content (AvgIpc) is 2.94. The molecule has 4 rings (SSSR count). The molecule has 1 N–H and O–H groups in total. The number of halogens is 2. The number of ether oxygens (including phenoxy) is 1. The molecule has 0 aliphatic carbocycles. The van der Waals surface area contributed by atoms with E-state index < -0.39 is 0 Å². The highest BCUT2D eigenvalue weighted by atomic mass is 35.5. The van der Waals surface area contributed by atoms with Crippen molar-refractivity contribution in [3.05, 3.63) is 54.4 Å². The van der Waals surface area contributed by atoms with Crippen molar-refractivity contribution < 1.29 is 9.53 Å². The number of aromatic nitrogens is 1. The molecule has 1 aromatic heterocycles. The minimum atomic E-state index is 0. The third kappa shape index (κ3) is 4.67. The van der Waals surface area contributed by atoms with Gasteiger partial charge in [-0.15, -0.1) is 24.8 Å². The fourth-order valence-electron chi connectivity index (χ4n) is 3.55. The number of carbonyl (C=O) groups is 1. The van der Waals surface area contributed by atoms with Crippen LogP contribution in [0.3, 0.4) is 0 Å². The van der Waals surface area contributed by atoms with Crippen LogP contribution in [0.2, 0.25) is 0 Å². The number of amides is 1. The predicted octanol–water partition coefficient (Wildman–Crippen LogP) is 3.68. The number of carbonyl (C=O) groups excluding carboxylic acids is 1. The highest BCUT2D eigenvalue weighted by Gasteiger charge is 2.31. The predicted molar refractivity (Wildman–Crippen MR) is 106 cm³/mol. The highest BCUT2D eigenvalue weighted by molar-refractivity contribution is 5.94. The first kappa shape index (κ1) is 20.5. The number of nitrogens with zero attached hydrogens (tertiary/aromatic N) is 2. The number of pyridine rings is 1. The lowest BCUT2D eigenvalue weighted by molar-refractivity contribution is 0.0748. The molecule has 5 nitrogen and oxygen atoms in total. The highest BCUT2D eigenvalue weighted by Crippen LogP contribution is 2.24. The smallest absolute Gasteiger partial charge is 0.254 e. The van der Waals surface area contributed by atoms with Gasteiger partial charge in [0.05, 0.1) is 0 Å². The molecule has 2 aliphatic heterocycles. The average molecular weight is 396 g/mol. The fraction of sp³-hybridized carbons (Fsp3) is 0.368. The topological polar surface area (TPSA) is 54.5 Å². The van der Waals surface area contributed by atoms with E-state index in [1.807, 2.05) is 29.2 Å². The summed E-state index contributed by atoms with van der Waals surface area (Å²) in [6.07, 6.45) is 6.81. The van der Waals surface area contributed by atoms with Gasteiger partial charge in [0.15, 0.2) is 0 Å². The lowest BCUT2D eigenvalue weighted by atomic mass is 10.1. The summed E-state index contributed by atoms with van der Waals surface area (Å²) in [5, 5.41) is 3.61. The molecule has 2 unspecified atom stereocenters. The van der Waals surface area contributed by atoms with Crippen LogP contribution in [0.5, 0.6) is 11.5 Å². The molecule has 0 radical (unpaired) electrons. The maximum atomic E-state index is 12.9. The van der Waals surface area contributed by atoms with Gasteiger partial charge < -0.3 is 15.0 Å². The number of fused-ring (bicyclic) bond motifs is 2. The van der Waals surface area contributed by atoms with Crippen LogP contribution in [0, 0.1) is 0 Å². The second-order valence-corrected chi connectivity index (χ2v) is 6.49. The summed E-state index contributed by atoms with van der Waals surface area (Å²) >= 11 is 0. The SMILES string of the molecule is Cl.Cl.O=C(c1cccc(Oc2ccncc2)c1)N1CCC2CCC(C1)N2. The lowest BCUT2D eigenvalue weighted by Gasteiger charge is -2.24. The summed E-state index contributed by atoms with van der Waals surface area (Å²) in [6, 6.07) is 12.0. The van der Waals surface area contributed by atoms with Crippen molar-refractivity contribution in [1.82, 2.24) is 15.2 Å². The lowest BCUT2D eigenvalue weighted by Crippen LogP contribution is -2.39. The molecule has 2 bridgehead atoms. The molecule has 7 heteroatoms. The van der Waals surface area contributed by atoms with Gasteiger partial charge in [-0.25, -0.2) is 0 Å². The van der Waals surface area contributed by atoms with E-state index in [-0.39, 0.29) is 30.7 Å². The van der Waals surface area contributed by atoms with Crippen LogP contribution in [0.15, 0.2) is 48.8 Å². The van der Waals surface area contributed by atoms with Gasteiger partial charge in [0.2, 0.25) is 0 Å². The Labute approximate surface area is 166 Å². The Hall–Kier alpha value is -1.82. The van der Waals surface area contributed by atoms with E-state index >= 15 is 0 Å². The summed E-state index contributed by atoms with van der Waals surface area (Å²) in [5.74, 6) is 1.47. The number of nitrogens with one attached hydrogen (secondary N) is 1. The van der Waals surface area contributed by atoms with Gasteiger partial charge in [-0.05, 0) is 49.6 Å². The molecule has 3 heterocycles.